The van der Waals surface area contributed by atoms with E-state index in [4.69, 9.17) is 9.47 Å². The molecule has 0 aliphatic carbocycles. The number of ether oxygens (including phenoxy) is 2. The Morgan fingerprint density at radius 1 is 0.767 bits per heavy atom. The molecule has 0 aromatic carbocycles. The Kier molecular flexibility index (Phi) is 21.3. The van der Waals surface area contributed by atoms with Gasteiger partial charge in [-0.05, 0) is 12.8 Å². The van der Waals surface area contributed by atoms with Crippen molar-refractivity contribution in [1.82, 2.24) is 0 Å². The number of aliphatic hydroxyl groups is 1. The second-order valence-corrected chi connectivity index (χ2v) is 8.05. The monoisotopic (exact) mass is 426 g/mol. The minimum Gasteiger partial charge on any atom is -0.462 e. The SMILES string of the molecule is CCC=CCC(=O)O[C@@H](CO)COC(=O)CCCCCCCCCCCCCCC. The van der Waals surface area contributed by atoms with E-state index >= 15 is 0 Å². The van der Waals surface area contributed by atoms with Gasteiger partial charge < -0.3 is 14.6 Å². The van der Waals surface area contributed by atoms with Gasteiger partial charge in [-0.3, -0.25) is 9.59 Å². The Balaban J connectivity index is 3.53. The van der Waals surface area contributed by atoms with Crippen LogP contribution in [0, 0.1) is 0 Å². The molecule has 0 spiro atoms. The van der Waals surface area contributed by atoms with Gasteiger partial charge in [-0.2, -0.15) is 0 Å². The summed E-state index contributed by atoms with van der Waals surface area (Å²) < 4.78 is 10.2. The molecule has 5 nitrogen and oxygen atoms in total. The number of aliphatic hydroxyl groups excluding tert-OH is 1. The van der Waals surface area contributed by atoms with Gasteiger partial charge in [-0.1, -0.05) is 103 Å². The molecule has 0 aromatic heterocycles. The van der Waals surface area contributed by atoms with Crippen LogP contribution in [0.1, 0.15) is 117 Å². The molecular weight excluding hydrogens is 380 g/mol. The maximum Gasteiger partial charge on any atom is 0.310 e. The average Bonchev–Trinajstić information content (AvgIpc) is 2.74. The molecule has 1 N–H and O–H groups in total. The first-order valence-electron chi connectivity index (χ1n) is 12.2. The second-order valence-electron chi connectivity index (χ2n) is 8.05. The molecule has 176 valence electrons. The summed E-state index contributed by atoms with van der Waals surface area (Å²) in [5.74, 6) is -0.718. The molecule has 0 heterocycles. The number of hydrogen-bond donors (Lipinski definition) is 1. The van der Waals surface area contributed by atoms with Gasteiger partial charge in [-0.15, -0.1) is 0 Å². The van der Waals surface area contributed by atoms with Gasteiger partial charge in [0.05, 0.1) is 13.0 Å². The molecule has 0 saturated heterocycles. The lowest BCUT2D eigenvalue weighted by Crippen LogP contribution is -2.28. The Bertz CT molecular complexity index is 433. The van der Waals surface area contributed by atoms with E-state index in [1.54, 1.807) is 6.08 Å². The van der Waals surface area contributed by atoms with Crippen molar-refractivity contribution < 1.29 is 24.2 Å². The standard InChI is InChI=1S/C25H46O5/c1-3-5-7-8-9-10-11-12-13-14-15-16-18-19-24(27)29-22-23(21-26)30-25(28)20-17-6-4-2/h6,17,23,26H,3-5,7-16,18-22H2,1-2H3/t23-/m0/s1. The fourth-order valence-electron chi connectivity index (χ4n) is 3.25. The molecule has 0 amide bonds. The molecule has 0 saturated carbocycles. The van der Waals surface area contributed by atoms with Gasteiger partial charge in [0.1, 0.15) is 6.61 Å². The fourth-order valence-corrected chi connectivity index (χ4v) is 3.25. The van der Waals surface area contributed by atoms with Crippen molar-refractivity contribution in [2.45, 2.75) is 123 Å². The van der Waals surface area contributed by atoms with Gasteiger partial charge in [0.2, 0.25) is 0 Å². The third kappa shape index (κ3) is 19.9. The first-order valence-corrected chi connectivity index (χ1v) is 12.2. The van der Waals surface area contributed by atoms with Gasteiger partial charge >= 0.3 is 11.9 Å². The highest BCUT2D eigenvalue weighted by molar-refractivity contribution is 5.71. The van der Waals surface area contributed by atoms with E-state index in [9.17, 15) is 14.7 Å². The van der Waals surface area contributed by atoms with Gasteiger partial charge in [0.25, 0.3) is 0 Å². The lowest BCUT2D eigenvalue weighted by Gasteiger charge is -2.15. The van der Waals surface area contributed by atoms with Crippen LogP contribution in [0.5, 0.6) is 0 Å². The summed E-state index contributed by atoms with van der Waals surface area (Å²) in [5.41, 5.74) is 0. The highest BCUT2D eigenvalue weighted by Crippen LogP contribution is 2.13. The minimum absolute atomic E-state index is 0.0863. The third-order valence-electron chi connectivity index (χ3n) is 5.10. The van der Waals surface area contributed by atoms with Gasteiger partial charge in [-0.25, -0.2) is 0 Å². The normalized spacial score (nSPS) is 12.2. The number of allylic oxidation sites excluding steroid dienone is 1. The van der Waals surface area contributed by atoms with E-state index in [2.05, 4.69) is 6.92 Å². The van der Waals surface area contributed by atoms with E-state index in [-0.39, 0.29) is 25.6 Å². The van der Waals surface area contributed by atoms with E-state index in [0.717, 1.165) is 25.7 Å². The van der Waals surface area contributed by atoms with Crippen molar-refractivity contribution in [3.63, 3.8) is 0 Å². The summed E-state index contributed by atoms with van der Waals surface area (Å²) in [4.78, 5) is 23.4. The molecule has 0 aliphatic rings. The number of hydrogen-bond acceptors (Lipinski definition) is 5. The minimum atomic E-state index is -0.789. The van der Waals surface area contributed by atoms with Gasteiger partial charge in [0, 0.05) is 6.42 Å². The zero-order valence-electron chi connectivity index (χ0n) is 19.5. The highest BCUT2D eigenvalue weighted by Gasteiger charge is 2.15. The van der Waals surface area contributed by atoms with E-state index in [1.807, 2.05) is 13.0 Å². The summed E-state index contributed by atoms with van der Waals surface area (Å²) in [6.07, 6.45) is 20.7. The smallest absolute Gasteiger partial charge is 0.310 e. The third-order valence-corrected chi connectivity index (χ3v) is 5.10. The van der Waals surface area contributed by atoms with Crippen LogP contribution in [0.3, 0.4) is 0 Å². The van der Waals surface area contributed by atoms with Crippen LogP contribution in [0.15, 0.2) is 12.2 Å². The molecule has 30 heavy (non-hydrogen) atoms. The summed E-state index contributed by atoms with van der Waals surface area (Å²) in [5, 5.41) is 9.27. The second kappa shape index (κ2) is 22.3. The van der Waals surface area contributed by atoms with Crippen molar-refractivity contribution >= 4 is 11.9 Å². The quantitative estimate of drug-likeness (QED) is 0.133. The topological polar surface area (TPSA) is 72.8 Å². The lowest BCUT2D eigenvalue weighted by atomic mass is 10.0. The summed E-state index contributed by atoms with van der Waals surface area (Å²) in [7, 11) is 0. The Morgan fingerprint density at radius 2 is 1.30 bits per heavy atom. The number of rotatable bonds is 21. The summed E-state index contributed by atoms with van der Waals surface area (Å²) >= 11 is 0. The summed E-state index contributed by atoms with van der Waals surface area (Å²) in [6, 6.07) is 0. The molecule has 0 radical (unpaired) electrons. The first kappa shape index (κ1) is 28.6. The highest BCUT2D eigenvalue weighted by atomic mass is 16.6. The van der Waals surface area contributed by atoms with Crippen molar-refractivity contribution in [2.75, 3.05) is 13.2 Å². The van der Waals surface area contributed by atoms with Crippen molar-refractivity contribution in [1.29, 1.82) is 0 Å². The van der Waals surface area contributed by atoms with Crippen LogP contribution in [0.25, 0.3) is 0 Å². The first-order chi connectivity index (χ1) is 14.6. The van der Waals surface area contributed by atoms with Crippen molar-refractivity contribution in [3.8, 4) is 0 Å². The zero-order valence-corrected chi connectivity index (χ0v) is 19.5. The van der Waals surface area contributed by atoms with Crippen molar-refractivity contribution in [3.05, 3.63) is 12.2 Å². The lowest BCUT2D eigenvalue weighted by molar-refractivity contribution is -0.160. The molecule has 0 aromatic rings. The number of carbonyl (C=O) groups excluding carboxylic acids is 2. The van der Waals surface area contributed by atoms with Crippen molar-refractivity contribution in [2.24, 2.45) is 0 Å². The number of unbranched alkanes of at least 4 members (excludes halogenated alkanes) is 12. The molecule has 0 rings (SSSR count). The molecule has 0 bridgehead atoms. The zero-order chi connectivity index (χ0) is 22.3. The molecule has 1 atom stereocenters. The van der Waals surface area contributed by atoms with E-state index in [0.29, 0.717) is 6.42 Å². The molecule has 0 fully saturated rings. The van der Waals surface area contributed by atoms with E-state index < -0.39 is 12.1 Å². The van der Waals surface area contributed by atoms with Crippen LogP contribution < -0.4 is 0 Å². The largest absolute Gasteiger partial charge is 0.462 e. The predicted molar refractivity (Wildman–Crippen MR) is 122 cm³/mol. The molecule has 0 unspecified atom stereocenters. The van der Waals surface area contributed by atoms with Crippen LogP contribution in [0.4, 0.5) is 0 Å². The van der Waals surface area contributed by atoms with Gasteiger partial charge in [0.15, 0.2) is 6.10 Å². The Hall–Kier alpha value is -1.36. The predicted octanol–water partition coefficient (Wildman–Crippen LogP) is 6.27. The summed E-state index contributed by atoms with van der Waals surface area (Å²) in [6.45, 7) is 3.80. The number of carbonyl (C=O) groups is 2. The molecule has 0 aliphatic heterocycles. The van der Waals surface area contributed by atoms with Crippen LogP contribution in [-0.4, -0.2) is 36.4 Å². The fraction of sp³-hybridized carbons (Fsp3) is 0.840. The Morgan fingerprint density at radius 3 is 1.80 bits per heavy atom. The van der Waals surface area contributed by atoms with Crippen LogP contribution >= 0.6 is 0 Å². The maximum absolute atomic E-state index is 11.8. The average molecular weight is 427 g/mol. The van der Waals surface area contributed by atoms with E-state index in [1.165, 1.54) is 64.2 Å². The van der Waals surface area contributed by atoms with Crippen LogP contribution in [0.2, 0.25) is 0 Å². The maximum atomic E-state index is 11.8. The molecule has 5 heteroatoms. The number of esters is 2. The van der Waals surface area contributed by atoms with Crippen LogP contribution in [-0.2, 0) is 19.1 Å². The molecular formula is C25H46O5. The Labute approximate surface area is 184 Å².